The van der Waals surface area contributed by atoms with Gasteiger partial charge in [-0.1, -0.05) is 18.2 Å². The maximum absolute atomic E-state index is 14.3. The molecule has 1 aromatic carbocycles. The van der Waals surface area contributed by atoms with E-state index in [2.05, 4.69) is 27.3 Å². The Balaban J connectivity index is 1.41. The lowest BCUT2D eigenvalue weighted by atomic mass is 10.1. The third kappa shape index (κ3) is 6.33. The molecule has 2 aliphatic rings. The highest BCUT2D eigenvalue weighted by molar-refractivity contribution is 7.09. The second kappa shape index (κ2) is 11.2. The van der Waals surface area contributed by atoms with E-state index < -0.39 is 5.82 Å². The van der Waals surface area contributed by atoms with Crippen molar-refractivity contribution in [2.45, 2.75) is 12.6 Å². The van der Waals surface area contributed by atoms with Gasteiger partial charge < -0.3 is 14.4 Å². The first-order valence-electron chi connectivity index (χ1n) is 10.9. The van der Waals surface area contributed by atoms with E-state index in [1.165, 1.54) is 10.9 Å². The molecule has 0 radical (unpaired) electrons. The van der Waals surface area contributed by atoms with Gasteiger partial charge in [-0.3, -0.25) is 14.6 Å². The number of benzene rings is 1. The Morgan fingerprint density at radius 3 is 2.68 bits per heavy atom. The quantitative estimate of drug-likeness (QED) is 0.623. The van der Waals surface area contributed by atoms with E-state index in [0.29, 0.717) is 32.9 Å². The number of thiophene rings is 1. The van der Waals surface area contributed by atoms with Crippen LogP contribution in [0, 0.1) is 5.82 Å². The molecule has 168 valence electrons. The number of halogens is 1. The molecule has 1 aromatic heterocycles. The second-order valence-corrected chi connectivity index (χ2v) is 9.02. The van der Waals surface area contributed by atoms with E-state index in [9.17, 15) is 9.18 Å². The Morgan fingerprint density at radius 1 is 1.10 bits per heavy atom. The number of amides is 1. The molecule has 2 aromatic rings. The van der Waals surface area contributed by atoms with Crippen LogP contribution < -0.4 is 0 Å². The molecule has 4 rings (SSSR count). The van der Waals surface area contributed by atoms with Crippen LogP contribution in [0.25, 0.3) is 0 Å². The van der Waals surface area contributed by atoms with Gasteiger partial charge in [0.15, 0.2) is 0 Å². The molecule has 0 saturated carbocycles. The van der Waals surface area contributed by atoms with Gasteiger partial charge in [0.1, 0.15) is 5.82 Å². The van der Waals surface area contributed by atoms with E-state index in [1.807, 2.05) is 0 Å². The van der Waals surface area contributed by atoms with Gasteiger partial charge in [-0.05, 0) is 23.6 Å². The van der Waals surface area contributed by atoms with Crippen LogP contribution in [0.3, 0.4) is 0 Å². The molecular weight excluding hydrogens is 417 g/mol. The van der Waals surface area contributed by atoms with Crippen molar-refractivity contribution in [2.24, 2.45) is 0 Å². The highest BCUT2D eigenvalue weighted by atomic mass is 32.1. The Kier molecular flexibility index (Phi) is 8.04. The summed E-state index contributed by atoms with van der Waals surface area (Å²) in [6.45, 7) is 8.06. The Bertz CT molecular complexity index is 829. The van der Waals surface area contributed by atoms with Gasteiger partial charge in [0, 0.05) is 57.2 Å². The summed E-state index contributed by atoms with van der Waals surface area (Å²) in [5.41, 5.74) is 0.121. The topological polar surface area (TPSA) is 45.2 Å². The zero-order chi connectivity index (χ0) is 21.5. The number of carbonyl (C=O) groups is 1. The predicted octanol–water partition coefficient (Wildman–Crippen LogP) is 2.56. The van der Waals surface area contributed by atoms with Crippen LogP contribution in [0.2, 0.25) is 0 Å². The molecule has 0 N–H and O–H groups in total. The van der Waals surface area contributed by atoms with Crippen molar-refractivity contribution in [1.29, 1.82) is 0 Å². The lowest BCUT2D eigenvalue weighted by Gasteiger charge is -2.36. The molecule has 3 heterocycles. The van der Waals surface area contributed by atoms with Gasteiger partial charge in [-0.2, -0.15) is 0 Å². The van der Waals surface area contributed by atoms with Crippen LogP contribution in [0.15, 0.2) is 41.8 Å². The molecule has 2 fully saturated rings. The Hall–Kier alpha value is -1.84. The molecule has 0 bridgehead atoms. The van der Waals surface area contributed by atoms with Crippen molar-refractivity contribution in [3.8, 4) is 0 Å². The molecule has 0 aliphatic carbocycles. The number of ether oxygens (including phenoxy) is 2. The highest BCUT2D eigenvalue weighted by Crippen LogP contribution is 2.17. The summed E-state index contributed by atoms with van der Waals surface area (Å²) in [5, 5.41) is 2.09. The Labute approximate surface area is 187 Å². The van der Waals surface area contributed by atoms with Crippen LogP contribution >= 0.6 is 11.3 Å². The van der Waals surface area contributed by atoms with Crippen LogP contribution in [0.5, 0.6) is 0 Å². The summed E-state index contributed by atoms with van der Waals surface area (Å²) in [4.78, 5) is 21.0. The van der Waals surface area contributed by atoms with Crippen molar-refractivity contribution in [2.75, 3.05) is 65.6 Å². The summed E-state index contributed by atoms with van der Waals surface area (Å²) in [5.74, 6) is -0.752. The summed E-state index contributed by atoms with van der Waals surface area (Å²) >= 11 is 1.75. The normalized spacial score (nSPS) is 20.6. The van der Waals surface area contributed by atoms with E-state index in [4.69, 9.17) is 9.47 Å². The largest absolute Gasteiger partial charge is 0.379 e. The average Bonchev–Trinajstić information content (AvgIpc) is 3.30. The van der Waals surface area contributed by atoms with Crippen LogP contribution in [0.4, 0.5) is 4.39 Å². The predicted molar refractivity (Wildman–Crippen MR) is 119 cm³/mol. The number of rotatable bonds is 8. The molecule has 1 amide bonds. The first-order valence-corrected chi connectivity index (χ1v) is 11.8. The SMILES string of the molecule is O=C(c1ccccc1F)N(CCN1CCOCC1)CC1CN(Cc2cccs2)CCO1. The molecule has 0 spiro atoms. The molecular formula is C23H30FN3O3S. The van der Waals surface area contributed by atoms with E-state index in [1.54, 1.807) is 34.4 Å². The van der Waals surface area contributed by atoms with Crippen molar-refractivity contribution in [1.82, 2.24) is 14.7 Å². The maximum Gasteiger partial charge on any atom is 0.256 e. The van der Waals surface area contributed by atoms with Gasteiger partial charge in [-0.25, -0.2) is 4.39 Å². The average molecular weight is 448 g/mol. The lowest BCUT2D eigenvalue weighted by Crippen LogP contribution is -2.50. The fraction of sp³-hybridized carbons (Fsp3) is 0.522. The van der Waals surface area contributed by atoms with Gasteiger partial charge >= 0.3 is 0 Å². The van der Waals surface area contributed by atoms with Crippen LogP contribution in [0.1, 0.15) is 15.2 Å². The van der Waals surface area contributed by atoms with Gasteiger partial charge in [0.2, 0.25) is 0 Å². The minimum atomic E-state index is -0.479. The third-order valence-electron chi connectivity index (χ3n) is 5.79. The molecule has 1 unspecified atom stereocenters. The van der Waals surface area contributed by atoms with Crippen molar-refractivity contribution < 1.29 is 18.7 Å². The maximum atomic E-state index is 14.3. The molecule has 2 aliphatic heterocycles. The molecule has 8 heteroatoms. The smallest absolute Gasteiger partial charge is 0.256 e. The van der Waals surface area contributed by atoms with Crippen LogP contribution in [-0.4, -0.2) is 92.3 Å². The fourth-order valence-corrected chi connectivity index (χ4v) is 4.82. The van der Waals surface area contributed by atoms with Crippen molar-refractivity contribution in [3.63, 3.8) is 0 Å². The summed E-state index contributed by atoms with van der Waals surface area (Å²) in [6, 6.07) is 10.4. The number of morpholine rings is 2. The minimum absolute atomic E-state index is 0.0888. The van der Waals surface area contributed by atoms with E-state index >= 15 is 0 Å². The highest BCUT2D eigenvalue weighted by Gasteiger charge is 2.27. The zero-order valence-corrected chi connectivity index (χ0v) is 18.6. The van der Waals surface area contributed by atoms with Gasteiger partial charge in [0.25, 0.3) is 5.91 Å². The summed E-state index contributed by atoms with van der Waals surface area (Å²) in [7, 11) is 0. The van der Waals surface area contributed by atoms with Crippen LogP contribution in [-0.2, 0) is 16.0 Å². The number of hydrogen-bond acceptors (Lipinski definition) is 6. The first kappa shape index (κ1) is 22.4. The van der Waals surface area contributed by atoms with E-state index in [0.717, 1.165) is 39.3 Å². The monoisotopic (exact) mass is 447 g/mol. The summed E-state index contributed by atoms with van der Waals surface area (Å²) < 4.78 is 25.8. The van der Waals surface area contributed by atoms with Crippen molar-refractivity contribution >= 4 is 17.2 Å². The zero-order valence-electron chi connectivity index (χ0n) is 17.7. The molecule has 6 nitrogen and oxygen atoms in total. The Morgan fingerprint density at radius 2 is 1.90 bits per heavy atom. The van der Waals surface area contributed by atoms with Crippen molar-refractivity contribution in [3.05, 3.63) is 58.0 Å². The fourth-order valence-electron chi connectivity index (χ4n) is 4.07. The molecule has 31 heavy (non-hydrogen) atoms. The third-order valence-corrected chi connectivity index (χ3v) is 6.65. The standard InChI is InChI=1S/C23H30FN3O3S/c24-22-6-2-1-5-21(22)23(28)27(8-7-25-9-12-29-13-10-25)17-19-16-26(11-14-30-19)18-20-4-3-15-31-20/h1-6,15,19H,7-14,16-18H2. The minimum Gasteiger partial charge on any atom is -0.379 e. The number of nitrogens with zero attached hydrogens (tertiary/aromatic N) is 3. The van der Waals surface area contributed by atoms with Gasteiger partial charge in [0.05, 0.1) is 31.5 Å². The number of carbonyl (C=O) groups excluding carboxylic acids is 1. The van der Waals surface area contributed by atoms with E-state index in [-0.39, 0.29) is 17.6 Å². The first-order chi connectivity index (χ1) is 15.2. The molecule has 1 atom stereocenters. The number of hydrogen-bond donors (Lipinski definition) is 0. The lowest BCUT2D eigenvalue weighted by molar-refractivity contribution is -0.0441. The van der Waals surface area contributed by atoms with Gasteiger partial charge in [-0.15, -0.1) is 11.3 Å². The molecule has 2 saturated heterocycles. The summed E-state index contributed by atoms with van der Waals surface area (Å²) in [6.07, 6.45) is -0.0888. The second-order valence-electron chi connectivity index (χ2n) is 7.99.